The van der Waals surface area contributed by atoms with Gasteiger partial charge in [0.2, 0.25) is 0 Å². The fraction of sp³-hybridized carbons (Fsp3) is 0.600. The molecule has 4 unspecified atom stereocenters. The minimum absolute atomic E-state index is 0.00360. The summed E-state index contributed by atoms with van der Waals surface area (Å²) >= 11 is 0. The summed E-state index contributed by atoms with van der Waals surface area (Å²) in [4.78, 5) is 49.6. The molecule has 0 aromatic heterocycles. The predicted octanol–water partition coefficient (Wildman–Crippen LogP) is 3.85. The van der Waals surface area contributed by atoms with Gasteiger partial charge in [-0.2, -0.15) is 0 Å². The first-order chi connectivity index (χ1) is 21.3. The first-order valence-corrected chi connectivity index (χ1v) is 15.7. The van der Waals surface area contributed by atoms with Gasteiger partial charge in [0, 0.05) is 31.3 Å². The topological polar surface area (TPSA) is 137 Å². The van der Waals surface area contributed by atoms with Gasteiger partial charge in [0.15, 0.2) is 6.10 Å². The lowest BCUT2D eigenvalue weighted by atomic mass is 9.46. The zero-order valence-corrected chi connectivity index (χ0v) is 27.0. The van der Waals surface area contributed by atoms with Crippen molar-refractivity contribution < 1.29 is 43.2 Å². The number of aliphatic hydroxyl groups is 1. The van der Waals surface area contributed by atoms with E-state index in [4.69, 9.17) is 18.9 Å². The molecule has 8 atom stereocenters. The van der Waals surface area contributed by atoms with Crippen LogP contribution in [0.1, 0.15) is 65.4 Å². The molecule has 246 valence electrons. The van der Waals surface area contributed by atoms with Crippen LogP contribution in [0.4, 0.5) is 0 Å². The molecule has 0 spiro atoms. The molecule has 2 saturated carbocycles. The van der Waals surface area contributed by atoms with E-state index in [9.17, 15) is 24.3 Å². The number of nitrogens with one attached hydrogen (secondary N) is 1. The van der Waals surface area contributed by atoms with E-state index in [1.807, 2.05) is 37.3 Å². The van der Waals surface area contributed by atoms with Crippen LogP contribution in [0.5, 0.6) is 0 Å². The molecule has 4 rings (SSSR count). The molecule has 1 aromatic rings. The summed E-state index contributed by atoms with van der Waals surface area (Å²) in [7, 11) is 1.23. The summed E-state index contributed by atoms with van der Waals surface area (Å²) in [6, 6.07) is 8.15. The van der Waals surface area contributed by atoms with Gasteiger partial charge in [-0.25, -0.2) is 9.59 Å². The number of methoxy groups -OCH3 is 1. The number of hydrogen-bond donors (Lipinski definition) is 2. The first kappa shape index (κ1) is 34.4. The van der Waals surface area contributed by atoms with Gasteiger partial charge in [0.05, 0.1) is 12.7 Å². The summed E-state index contributed by atoms with van der Waals surface area (Å²) in [6.07, 6.45) is 3.39. The monoisotopic (exact) mass is 625 g/mol. The highest BCUT2D eigenvalue weighted by molar-refractivity contribution is 5.91. The van der Waals surface area contributed by atoms with E-state index in [0.717, 1.165) is 24.0 Å². The highest BCUT2D eigenvalue weighted by Crippen LogP contribution is 2.62. The fourth-order valence-corrected chi connectivity index (χ4v) is 8.10. The lowest BCUT2D eigenvalue weighted by molar-refractivity contribution is -0.192. The van der Waals surface area contributed by atoms with Crippen molar-refractivity contribution in [3.05, 3.63) is 59.7 Å². The quantitative estimate of drug-likeness (QED) is 0.200. The number of rotatable bonds is 12. The standard InChI is InChI=1S/C35H47NO9/c1-21-12-13-29-34(4,16-14-30(45-23(3)38)35(29,5)20-44-22(2)37)26(21)19-27(25-15-17-43-32(25)40)36-28(31(39)33(41)42-6)18-24-10-8-7-9-11-24/h7-11,15,26-31,36,39H,1,12-14,16-20H2,2-6H3/t26-,27?,28?,29?,30+,31?,34+,35-/m0/s1. The molecular formula is C35H47NO9. The molecule has 0 radical (unpaired) electrons. The van der Waals surface area contributed by atoms with Crippen LogP contribution in [0, 0.1) is 22.7 Å². The number of ether oxygens (including phenoxy) is 4. The van der Waals surface area contributed by atoms with E-state index >= 15 is 0 Å². The van der Waals surface area contributed by atoms with E-state index in [-0.39, 0.29) is 36.4 Å². The molecule has 1 heterocycles. The summed E-state index contributed by atoms with van der Waals surface area (Å²) in [5.74, 6) is -2.08. The van der Waals surface area contributed by atoms with Crippen molar-refractivity contribution >= 4 is 23.9 Å². The van der Waals surface area contributed by atoms with E-state index < -0.39 is 47.6 Å². The highest BCUT2D eigenvalue weighted by atomic mass is 16.6. The molecular weight excluding hydrogens is 578 g/mol. The average Bonchev–Trinajstić information content (AvgIpc) is 3.43. The van der Waals surface area contributed by atoms with E-state index in [1.165, 1.54) is 21.0 Å². The molecule has 3 aliphatic rings. The number of benzene rings is 1. The van der Waals surface area contributed by atoms with Crippen molar-refractivity contribution in [3.63, 3.8) is 0 Å². The van der Waals surface area contributed by atoms with Crippen LogP contribution >= 0.6 is 0 Å². The van der Waals surface area contributed by atoms with Crippen LogP contribution < -0.4 is 5.32 Å². The van der Waals surface area contributed by atoms with Crippen LogP contribution in [0.15, 0.2) is 54.1 Å². The van der Waals surface area contributed by atoms with E-state index in [1.54, 1.807) is 6.08 Å². The lowest BCUT2D eigenvalue weighted by Gasteiger charge is -2.60. The summed E-state index contributed by atoms with van der Waals surface area (Å²) in [6.45, 7) is 11.8. The molecule has 0 saturated heterocycles. The number of allylic oxidation sites excluding steroid dienone is 1. The maximum atomic E-state index is 13.0. The fourth-order valence-electron chi connectivity index (χ4n) is 8.10. The number of hydrogen-bond acceptors (Lipinski definition) is 10. The molecule has 10 nitrogen and oxygen atoms in total. The van der Waals surface area contributed by atoms with Crippen molar-refractivity contribution in [1.29, 1.82) is 0 Å². The molecule has 1 aromatic carbocycles. The molecule has 1 aliphatic heterocycles. The maximum Gasteiger partial charge on any atom is 0.336 e. The first-order valence-electron chi connectivity index (χ1n) is 15.7. The third kappa shape index (κ3) is 7.49. The molecule has 0 amide bonds. The number of aliphatic hydroxyl groups excluding tert-OH is 1. The normalized spacial score (nSPS) is 29.8. The van der Waals surface area contributed by atoms with E-state index in [2.05, 4.69) is 18.8 Å². The Kier molecular flexibility index (Phi) is 10.9. The Morgan fingerprint density at radius 3 is 2.44 bits per heavy atom. The van der Waals surface area contributed by atoms with Gasteiger partial charge in [-0.15, -0.1) is 0 Å². The van der Waals surface area contributed by atoms with Gasteiger partial charge in [0.1, 0.15) is 19.3 Å². The molecule has 45 heavy (non-hydrogen) atoms. The van der Waals surface area contributed by atoms with Crippen molar-refractivity contribution in [2.24, 2.45) is 22.7 Å². The SMILES string of the molecule is C=C1CCC2[C@](C)(COC(C)=O)[C@H](OC(C)=O)CC[C@]2(C)[C@H]1CC(NC(Cc1ccccc1)C(O)C(=O)OC)C1=CCOC1=O. The minimum atomic E-state index is -1.49. The second-order valence-electron chi connectivity index (χ2n) is 13.2. The zero-order valence-electron chi connectivity index (χ0n) is 27.0. The number of cyclic esters (lactones) is 1. The predicted molar refractivity (Wildman–Crippen MR) is 166 cm³/mol. The summed E-state index contributed by atoms with van der Waals surface area (Å²) in [5.41, 5.74) is 1.40. The smallest absolute Gasteiger partial charge is 0.336 e. The molecule has 10 heteroatoms. The molecule has 0 bridgehead atoms. The number of esters is 4. The highest BCUT2D eigenvalue weighted by Gasteiger charge is 2.60. The Labute approximate surface area is 265 Å². The maximum absolute atomic E-state index is 13.0. The van der Waals surface area contributed by atoms with Crippen molar-refractivity contribution in [2.75, 3.05) is 20.3 Å². The van der Waals surface area contributed by atoms with E-state index in [0.29, 0.717) is 31.3 Å². The third-order valence-corrected chi connectivity index (χ3v) is 10.3. The molecule has 2 N–H and O–H groups in total. The second-order valence-corrected chi connectivity index (χ2v) is 13.2. The molecule has 2 fully saturated rings. The summed E-state index contributed by atoms with van der Waals surface area (Å²) in [5, 5.41) is 14.6. The van der Waals surface area contributed by atoms with Gasteiger partial charge in [-0.3, -0.25) is 9.59 Å². The Morgan fingerprint density at radius 1 is 1.13 bits per heavy atom. The number of carbonyl (C=O) groups is 4. The van der Waals surface area contributed by atoms with Crippen molar-refractivity contribution in [2.45, 2.75) is 90.5 Å². The van der Waals surface area contributed by atoms with Gasteiger partial charge in [-0.1, -0.05) is 56.3 Å². The van der Waals surface area contributed by atoms with Crippen LogP contribution in [0.25, 0.3) is 0 Å². The minimum Gasteiger partial charge on any atom is -0.467 e. The Hall–Kier alpha value is -3.50. The number of fused-ring (bicyclic) bond motifs is 1. The Balaban J connectivity index is 1.70. The van der Waals surface area contributed by atoms with Crippen LogP contribution in [0.3, 0.4) is 0 Å². The second kappa shape index (κ2) is 14.3. The zero-order chi connectivity index (χ0) is 32.9. The number of carbonyl (C=O) groups excluding carboxylic acids is 4. The van der Waals surface area contributed by atoms with Gasteiger partial charge in [-0.05, 0) is 67.4 Å². The average molecular weight is 626 g/mol. The van der Waals surface area contributed by atoms with Crippen LogP contribution in [0.2, 0.25) is 0 Å². The van der Waals surface area contributed by atoms with Crippen molar-refractivity contribution in [3.8, 4) is 0 Å². The Bertz CT molecular complexity index is 1310. The molecule has 2 aliphatic carbocycles. The van der Waals surface area contributed by atoms with Gasteiger partial charge < -0.3 is 29.4 Å². The summed E-state index contributed by atoms with van der Waals surface area (Å²) < 4.78 is 21.6. The van der Waals surface area contributed by atoms with Gasteiger partial charge in [0.25, 0.3) is 0 Å². The van der Waals surface area contributed by atoms with Crippen molar-refractivity contribution in [1.82, 2.24) is 5.32 Å². The largest absolute Gasteiger partial charge is 0.467 e. The third-order valence-electron chi connectivity index (χ3n) is 10.3. The Morgan fingerprint density at radius 2 is 1.84 bits per heavy atom. The van der Waals surface area contributed by atoms with Gasteiger partial charge >= 0.3 is 23.9 Å². The van der Waals surface area contributed by atoms with Crippen LogP contribution in [-0.2, 0) is 44.5 Å². The van der Waals surface area contributed by atoms with Crippen LogP contribution in [-0.4, -0.2) is 73.6 Å². The lowest BCUT2D eigenvalue weighted by Crippen LogP contribution is -2.59.